The van der Waals surface area contributed by atoms with Gasteiger partial charge in [0.1, 0.15) is 5.75 Å². The van der Waals surface area contributed by atoms with Crippen LogP contribution in [0.3, 0.4) is 0 Å². The fraction of sp³-hybridized carbons (Fsp3) is 0.0526. The van der Waals surface area contributed by atoms with E-state index in [4.69, 9.17) is 17.0 Å². The van der Waals surface area contributed by atoms with Gasteiger partial charge in [0.05, 0.1) is 23.4 Å². The topological polar surface area (TPSA) is 46.8 Å². The molecule has 0 atom stereocenters. The van der Waals surface area contributed by atoms with E-state index < -0.39 is 0 Å². The highest BCUT2D eigenvalue weighted by atomic mass is 79.9. The molecule has 0 saturated heterocycles. The standard InChI is InChI=1S/C19H13BrN2O2S2/c1-24-16-5-3-2-4-15(16)22-18(23)17(26-19(22)25)8-11-10-21-14-7-6-12(20)9-13(11)14/h2-10,23H,1H3. The third-order valence-electron chi connectivity index (χ3n) is 4.04. The first kappa shape index (κ1) is 17.2. The Labute approximate surface area is 167 Å². The summed E-state index contributed by atoms with van der Waals surface area (Å²) in [6.07, 6.45) is 3.70. The Hall–Kier alpha value is -2.22. The normalized spacial score (nSPS) is 14.0. The molecule has 4 rings (SSSR count). The summed E-state index contributed by atoms with van der Waals surface area (Å²) in [5.74, 6) is 0.737. The van der Waals surface area contributed by atoms with Crippen molar-refractivity contribution in [3.05, 3.63) is 61.3 Å². The van der Waals surface area contributed by atoms with Gasteiger partial charge >= 0.3 is 0 Å². The van der Waals surface area contributed by atoms with Crippen molar-refractivity contribution in [3.8, 4) is 17.3 Å². The molecule has 2 heterocycles. The van der Waals surface area contributed by atoms with Crippen LogP contribution in [0.4, 0.5) is 5.69 Å². The summed E-state index contributed by atoms with van der Waals surface area (Å²) in [4.78, 5) is 5.09. The average Bonchev–Trinajstić information content (AvgIpc) is 3.16. The number of aliphatic imine (C=N–C) groups is 1. The Bertz CT molecular complexity index is 1130. The smallest absolute Gasteiger partial charge is 0.215 e. The molecule has 26 heavy (non-hydrogen) atoms. The van der Waals surface area contributed by atoms with Crippen molar-refractivity contribution >= 4 is 63.0 Å². The van der Waals surface area contributed by atoms with E-state index in [0.717, 1.165) is 21.3 Å². The van der Waals surface area contributed by atoms with E-state index in [2.05, 4.69) is 20.9 Å². The van der Waals surface area contributed by atoms with E-state index in [0.29, 0.717) is 20.3 Å². The maximum Gasteiger partial charge on any atom is 0.215 e. The van der Waals surface area contributed by atoms with Gasteiger partial charge in [0, 0.05) is 21.8 Å². The molecular weight excluding hydrogens is 432 g/mol. The molecule has 1 aliphatic heterocycles. The predicted molar refractivity (Wildman–Crippen MR) is 113 cm³/mol. The number of benzene rings is 2. The number of methoxy groups -OCH3 is 1. The van der Waals surface area contributed by atoms with Gasteiger partial charge in [-0.05, 0) is 48.6 Å². The molecule has 0 bridgehead atoms. The van der Waals surface area contributed by atoms with Crippen LogP contribution in [-0.4, -0.2) is 23.0 Å². The molecule has 0 spiro atoms. The molecule has 0 fully saturated rings. The van der Waals surface area contributed by atoms with Crippen molar-refractivity contribution < 1.29 is 9.84 Å². The third kappa shape index (κ3) is 2.92. The van der Waals surface area contributed by atoms with Gasteiger partial charge < -0.3 is 9.84 Å². The summed E-state index contributed by atoms with van der Waals surface area (Å²) in [6, 6.07) is 13.4. The minimum Gasteiger partial charge on any atom is -0.495 e. The number of ether oxygens (including phenoxy) is 1. The molecule has 2 aromatic carbocycles. The van der Waals surface area contributed by atoms with Gasteiger partial charge in [0.15, 0.2) is 3.95 Å². The fourth-order valence-corrected chi connectivity index (χ4v) is 4.47. The summed E-state index contributed by atoms with van der Waals surface area (Å²) in [5, 5.41) is 10.8. The zero-order chi connectivity index (χ0) is 18.3. The number of hydrogen-bond acceptors (Lipinski definition) is 5. The Morgan fingerprint density at radius 3 is 2.88 bits per heavy atom. The Morgan fingerprint density at radius 2 is 2.08 bits per heavy atom. The van der Waals surface area contributed by atoms with Crippen LogP contribution in [0.2, 0.25) is 0 Å². The van der Waals surface area contributed by atoms with Gasteiger partial charge in [-0.15, -0.1) is 11.3 Å². The Morgan fingerprint density at radius 1 is 1.27 bits per heavy atom. The number of halogens is 1. The summed E-state index contributed by atoms with van der Waals surface area (Å²) in [7, 11) is 1.60. The van der Waals surface area contributed by atoms with Gasteiger partial charge in [-0.2, -0.15) is 0 Å². The lowest BCUT2D eigenvalue weighted by atomic mass is 10.1. The van der Waals surface area contributed by atoms with E-state index >= 15 is 0 Å². The molecule has 0 saturated carbocycles. The van der Waals surface area contributed by atoms with Crippen molar-refractivity contribution in [2.24, 2.45) is 4.99 Å². The number of fused-ring (bicyclic) bond motifs is 1. The first-order chi connectivity index (χ1) is 12.6. The zero-order valence-corrected chi connectivity index (χ0v) is 16.9. The van der Waals surface area contributed by atoms with Crippen molar-refractivity contribution in [2.75, 3.05) is 7.11 Å². The fourth-order valence-electron chi connectivity index (χ4n) is 2.82. The highest BCUT2D eigenvalue weighted by Gasteiger charge is 2.18. The van der Waals surface area contributed by atoms with Gasteiger partial charge in [-0.1, -0.05) is 28.1 Å². The maximum absolute atomic E-state index is 10.8. The molecule has 0 amide bonds. The van der Waals surface area contributed by atoms with Crippen molar-refractivity contribution in [1.29, 1.82) is 0 Å². The van der Waals surface area contributed by atoms with E-state index in [1.165, 1.54) is 11.3 Å². The highest BCUT2D eigenvalue weighted by molar-refractivity contribution is 9.10. The molecule has 4 nitrogen and oxygen atoms in total. The van der Waals surface area contributed by atoms with E-state index in [1.807, 2.05) is 48.5 Å². The van der Waals surface area contributed by atoms with Crippen LogP contribution in [0.5, 0.6) is 11.6 Å². The van der Waals surface area contributed by atoms with Crippen LogP contribution in [0, 0.1) is 3.95 Å². The number of allylic oxidation sites excluding steroid dienone is 1. The largest absolute Gasteiger partial charge is 0.495 e. The van der Waals surface area contributed by atoms with E-state index in [-0.39, 0.29) is 5.88 Å². The lowest BCUT2D eigenvalue weighted by molar-refractivity contribution is 0.405. The van der Waals surface area contributed by atoms with Crippen LogP contribution < -0.4 is 4.74 Å². The van der Waals surface area contributed by atoms with Crippen molar-refractivity contribution in [3.63, 3.8) is 0 Å². The number of hydrogen-bond donors (Lipinski definition) is 1. The van der Waals surface area contributed by atoms with Gasteiger partial charge in [0.2, 0.25) is 5.88 Å². The zero-order valence-electron chi connectivity index (χ0n) is 13.6. The molecule has 0 unspecified atom stereocenters. The summed E-state index contributed by atoms with van der Waals surface area (Å²) in [5.41, 5.74) is 3.57. The Balaban J connectivity index is 1.84. The van der Waals surface area contributed by atoms with Crippen molar-refractivity contribution in [1.82, 2.24) is 4.57 Å². The van der Waals surface area contributed by atoms with Crippen LogP contribution in [0.1, 0.15) is 10.4 Å². The minimum absolute atomic E-state index is 0.0915. The number of aromatic nitrogens is 1. The molecule has 1 aliphatic rings. The van der Waals surface area contributed by atoms with E-state index in [9.17, 15) is 5.11 Å². The minimum atomic E-state index is 0.0915. The molecule has 3 aromatic rings. The molecule has 130 valence electrons. The molecule has 0 aliphatic carbocycles. The van der Waals surface area contributed by atoms with Crippen LogP contribution in [-0.2, 0) is 0 Å². The molecule has 1 aromatic heterocycles. The van der Waals surface area contributed by atoms with Gasteiger partial charge in [-0.3, -0.25) is 9.56 Å². The second-order valence-electron chi connectivity index (χ2n) is 5.58. The first-order valence-electron chi connectivity index (χ1n) is 7.72. The predicted octanol–water partition coefficient (Wildman–Crippen LogP) is 6.00. The number of rotatable bonds is 3. The lowest BCUT2D eigenvalue weighted by Crippen LogP contribution is -1.97. The number of thiazole rings is 1. The lowest BCUT2D eigenvalue weighted by Gasteiger charge is -2.09. The Kier molecular flexibility index (Phi) is 4.52. The molecule has 1 N–H and O–H groups in total. The second-order valence-corrected chi connectivity index (χ2v) is 8.17. The first-order valence-corrected chi connectivity index (χ1v) is 9.74. The van der Waals surface area contributed by atoms with Crippen LogP contribution in [0.25, 0.3) is 17.3 Å². The van der Waals surface area contributed by atoms with E-state index in [1.54, 1.807) is 17.9 Å². The molecular formula is C19H13BrN2O2S2. The van der Waals surface area contributed by atoms with Gasteiger partial charge in [-0.25, -0.2) is 0 Å². The summed E-state index contributed by atoms with van der Waals surface area (Å²) >= 11 is 10.3. The average molecular weight is 445 g/mol. The molecule has 0 radical (unpaired) electrons. The third-order valence-corrected chi connectivity index (χ3v) is 5.84. The maximum atomic E-state index is 10.8. The number of nitrogens with zero attached hydrogens (tertiary/aromatic N) is 2. The van der Waals surface area contributed by atoms with Crippen LogP contribution >= 0.6 is 39.5 Å². The molecule has 7 heteroatoms. The monoisotopic (exact) mass is 444 g/mol. The van der Waals surface area contributed by atoms with Crippen molar-refractivity contribution in [2.45, 2.75) is 0 Å². The summed E-state index contributed by atoms with van der Waals surface area (Å²) in [6.45, 7) is 0. The summed E-state index contributed by atoms with van der Waals surface area (Å²) < 4.78 is 8.55. The second kappa shape index (κ2) is 6.83. The quantitative estimate of drug-likeness (QED) is 0.503. The van der Waals surface area contributed by atoms with Crippen LogP contribution in [0.15, 0.2) is 51.9 Å². The SMILES string of the molecule is COc1ccccc1-n1c(O)c(C=C2C=Nc3ccc(Br)cc32)sc1=S. The number of para-hydroxylation sites is 2. The highest BCUT2D eigenvalue weighted by Crippen LogP contribution is 2.39. The van der Waals surface area contributed by atoms with Gasteiger partial charge in [0.25, 0.3) is 0 Å². The number of aromatic hydroxyl groups is 1.